The maximum atomic E-state index is 12.2. The number of halogens is 3. The van der Waals surface area contributed by atoms with Crippen molar-refractivity contribution in [2.24, 2.45) is 0 Å². The third-order valence-electron chi connectivity index (χ3n) is 3.67. The van der Waals surface area contributed by atoms with Crippen LogP contribution in [0.3, 0.4) is 0 Å². The first-order chi connectivity index (χ1) is 11.8. The molecular weight excluding hydrogens is 385 g/mol. The molecule has 2 N–H and O–H groups in total. The maximum Gasteiger partial charge on any atom is 0.303 e. The number of carbonyl (C=O) groups is 2. The van der Waals surface area contributed by atoms with Gasteiger partial charge in [-0.2, -0.15) is 0 Å². The van der Waals surface area contributed by atoms with Gasteiger partial charge in [0.1, 0.15) is 0 Å². The van der Waals surface area contributed by atoms with Crippen LogP contribution in [0, 0.1) is 0 Å². The lowest BCUT2D eigenvalue weighted by atomic mass is 9.92. The van der Waals surface area contributed by atoms with Gasteiger partial charge >= 0.3 is 5.97 Å². The highest BCUT2D eigenvalue weighted by atomic mass is 35.5. The van der Waals surface area contributed by atoms with E-state index in [9.17, 15) is 9.59 Å². The second kappa shape index (κ2) is 9.09. The minimum Gasteiger partial charge on any atom is -0.481 e. The Bertz CT molecular complexity index is 763. The summed E-state index contributed by atoms with van der Waals surface area (Å²) in [5, 5.41) is 13.2. The predicted molar refractivity (Wildman–Crippen MR) is 99.4 cm³/mol. The van der Waals surface area contributed by atoms with Gasteiger partial charge in [0.25, 0.3) is 0 Å². The van der Waals surface area contributed by atoms with E-state index in [2.05, 4.69) is 5.32 Å². The first-order valence-corrected chi connectivity index (χ1v) is 8.66. The van der Waals surface area contributed by atoms with Crippen molar-refractivity contribution in [1.82, 2.24) is 5.32 Å². The SMILES string of the molecule is O=C(O)CC(CC(=O)NCc1ccc(Cl)cc1)c1ccc(Cl)c(Cl)c1. The van der Waals surface area contributed by atoms with Crippen LogP contribution in [0.15, 0.2) is 42.5 Å². The van der Waals surface area contributed by atoms with E-state index in [-0.39, 0.29) is 18.7 Å². The highest BCUT2D eigenvalue weighted by Gasteiger charge is 2.20. The number of carboxylic acids is 1. The molecule has 4 nitrogen and oxygen atoms in total. The van der Waals surface area contributed by atoms with Crippen molar-refractivity contribution in [1.29, 1.82) is 0 Å². The summed E-state index contributed by atoms with van der Waals surface area (Å²) < 4.78 is 0. The smallest absolute Gasteiger partial charge is 0.303 e. The molecule has 0 aromatic heterocycles. The van der Waals surface area contributed by atoms with Crippen molar-refractivity contribution in [3.8, 4) is 0 Å². The Morgan fingerprint density at radius 1 is 0.960 bits per heavy atom. The van der Waals surface area contributed by atoms with E-state index in [0.717, 1.165) is 5.56 Å². The second-order valence-electron chi connectivity index (χ2n) is 5.58. The van der Waals surface area contributed by atoms with Gasteiger partial charge in [-0.1, -0.05) is 53.0 Å². The summed E-state index contributed by atoms with van der Waals surface area (Å²) >= 11 is 17.7. The second-order valence-corrected chi connectivity index (χ2v) is 6.83. The summed E-state index contributed by atoms with van der Waals surface area (Å²) in [4.78, 5) is 23.3. The minimum atomic E-state index is -0.985. The summed E-state index contributed by atoms with van der Waals surface area (Å²) in [7, 11) is 0. The molecule has 1 atom stereocenters. The van der Waals surface area contributed by atoms with Gasteiger partial charge in [0.05, 0.1) is 16.5 Å². The van der Waals surface area contributed by atoms with Crippen LogP contribution in [0.25, 0.3) is 0 Å². The topological polar surface area (TPSA) is 66.4 Å². The molecule has 7 heteroatoms. The Hall–Kier alpha value is -1.75. The van der Waals surface area contributed by atoms with Gasteiger partial charge in [0.15, 0.2) is 0 Å². The van der Waals surface area contributed by atoms with Crippen molar-refractivity contribution in [3.63, 3.8) is 0 Å². The Morgan fingerprint density at radius 2 is 1.64 bits per heavy atom. The van der Waals surface area contributed by atoms with Crippen LogP contribution >= 0.6 is 34.8 Å². The molecule has 0 saturated carbocycles. The monoisotopic (exact) mass is 399 g/mol. The molecule has 132 valence electrons. The van der Waals surface area contributed by atoms with Crippen LogP contribution in [0.2, 0.25) is 15.1 Å². The fourth-order valence-electron chi connectivity index (χ4n) is 2.38. The summed E-state index contributed by atoms with van der Waals surface area (Å²) in [6, 6.07) is 12.0. The van der Waals surface area contributed by atoms with E-state index in [0.29, 0.717) is 27.2 Å². The Kier molecular flexibility index (Phi) is 7.12. The van der Waals surface area contributed by atoms with Gasteiger partial charge in [0.2, 0.25) is 5.91 Å². The van der Waals surface area contributed by atoms with E-state index >= 15 is 0 Å². The molecule has 2 rings (SSSR count). The first kappa shape index (κ1) is 19.6. The fraction of sp³-hybridized carbons (Fsp3) is 0.222. The lowest BCUT2D eigenvalue weighted by Gasteiger charge is -2.16. The van der Waals surface area contributed by atoms with Crippen LogP contribution in [-0.4, -0.2) is 17.0 Å². The molecule has 0 aliphatic rings. The number of nitrogens with one attached hydrogen (secondary N) is 1. The summed E-state index contributed by atoms with van der Waals surface area (Å²) in [6.07, 6.45) is -0.135. The van der Waals surface area contributed by atoms with E-state index in [1.807, 2.05) is 12.1 Å². The summed E-state index contributed by atoms with van der Waals surface area (Å²) in [5.41, 5.74) is 1.57. The van der Waals surface area contributed by atoms with E-state index in [1.165, 1.54) is 0 Å². The lowest BCUT2D eigenvalue weighted by Crippen LogP contribution is -2.25. The zero-order valence-corrected chi connectivity index (χ0v) is 15.4. The minimum absolute atomic E-state index is 0.0395. The Labute approximate surface area is 160 Å². The van der Waals surface area contributed by atoms with Crippen LogP contribution in [-0.2, 0) is 16.1 Å². The van der Waals surface area contributed by atoms with Crippen molar-refractivity contribution >= 4 is 46.7 Å². The van der Waals surface area contributed by atoms with Gasteiger partial charge in [-0.25, -0.2) is 0 Å². The molecule has 0 aliphatic carbocycles. The van der Waals surface area contributed by atoms with Crippen LogP contribution in [0.5, 0.6) is 0 Å². The van der Waals surface area contributed by atoms with Gasteiger partial charge in [-0.3, -0.25) is 9.59 Å². The fourth-order valence-corrected chi connectivity index (χ4v) is 2.82. The van der Waals surface area contributed by atoms with Crippen molar-refractivity contribution in [2.45, 2.75) is 25.3 Å². The molecule has 0 bridgehead atoms. The lowest BCUT2D eigenvalue weighted by molar-refractivity contribution is -0.137. The largest absolute Gasteiger partial charge is 0.481 e. The predicted octanol–water partition coefficient (Wildman–Crippen LogP) is 4.91. The van der Waals surface area contributed by atoms with Crippen LogP contribution < -0.4 is 5.32 Å². The molecule has 0 fully saturated rings. The molecule has 0 saturated heterocycles. The van der Waals surface area contributed by atoms with Gasteiger partial charge < -0.3 is 10.4 Å². The van der Waals surface area contributed by atoms with E-state index < -0.39 is 11.9 Å². The molecular formula is C18H16Cl3NO3. The number of hydrogen-bond donors (Lipinski definition) is 2. The average molecular weight is 401 g/mol. The van der Waals surface area contributed by atoms with Crippen molar-refractivity contribution in [2.75, 3.05) is 0 Å². The number of carbonyl (C=O) groups excluding carboxylic acids is 1. The number of hydrogen-bond acceptors (Lipinski definition) is 2. The molecule has 0 spiro atoms. The maximum absolute atomic E-state index is 12.2. The molecule has 0 heterocycles. The van der Waals surface area contributed by atoms with Crippen LogP contribution in [0.1, 0.15) is 29.9 Å². The molecule has 1 unspecified atom stereocenters. The molecule has 0 radical (unpaired) electrons. The first-order valence-electron chi connectivity index (χ1n) is 7.53. The number of rotatable bonds is 7. The molecule has 1 amide bonds. The zero-order chi connectivity index (χ0) is 18.4. The molecule has 2 aromatic carbocycles. The third kappa shape index (κ3) is 6.24. The van der Waals surface area contributed by atoms with Gasteiger partial charge in [0, 0.05) is 23.9 Å². The highest BCUT2D eigenvalue weighted by molar-refractivity contribution is 6.42. The van der Waals surface area contributed by atoms with Gasteiger partial charge in [-0.05, 0) is 35.4 Å². The highest BCUT2D eigenvalue weighted by Crippen LogP contribution is 2.30. The standard InChI is InChI=1S/C18H16Cl3NO3/c19-14-4-1-11(2-5-14)10-22-17(23)8-13(9-18(24)25)12-3-6-15(20)16(21)7-12/h1-7,13H,8-10H2,(H,22,23)(H,24,25). The average Bonchev–Trinajstić information content (AvgIpc) is 2.56. The molecule has 2 aromatic rings. The van der Waals surface area contributed by atoms with Crippen molar-refractivity contribution < 1.29 is 14.7 Å². The number of benzene rings is 2. The normalized spacial score (nSPS) is 11.8. The molecule has 25 heavy (non-hydrogen) atoms. The zero-order valence-electron chi connectivity index (χ0n) is 13.1. The number of aliphatic carboxylic acids is 1. The Balaban J connectivity index is 2.02. The third-order valence-corrected chi connectivity index (χ3v) is 4.66. The quantitative estimate of drug-likeness (QED) is 0.694. The number of amides is 1. The number of carboxylic acid groups (broad SMARTS) is 1. The van der Waals surface area contributed by atoms with Crippen LogP contribution in [0.4, 0.5) is 0 Å². The molecule has 0 aliphatic heterocycles. The van der Waals surface area contributed by atoms with E-state index in [1.54, 1.807) is 30.3 Å². The van der Waals surface area contributed by atoms with E-state index in [4.69, 9.17) is 39.9 Å². The summed E-state index contributed by atoms with van der Waals surface area (Å²) in [6.45, 7) is 0.344. The summed E-state index contributed by atoms with van der Waals surface area (Å²) in [5.74, 6) is -1.72. The Morgan fingerprint density at radius 3 is 2.24 bits per heavy atom. The van der Waals surface area contributed by atoms with Gasteiger partial charge in [-0.15, -0.1) is 0 Å². The van der Waals surface area contributed by atoms with Crippen molar-refractivity contribution in [3.05, 3.63) is 68.7 Å².